The Bertz CT molecular complexity index is 1700. The van der Waals surface area contributed by atoms with Gasteiger partial charge in [0.05, 0.1) is 41.5 Å². The molecule has 0 spiro atoms. The topological polar surface area (TPSA) is 221 Å². The molecule has 0 aromatic heterocycles. The van der Waals surface area contributed by atoms with E-state index in [0.29, 0.717) is 44.1 Å². The molecule has 4 rings (SSSR count). The lowest BCUT2D eigenvalue weighted by Gasteiger charge is -2.48. The Labute approximate surface area is 400 Å². The first-order valence-electron chi connectivity index (χ1n) is 24.6. The number of aliphatic hydroxyl groups is 5. The molecule has 1 aromatic rings. The van der Waals surface area contributed by atoms with Crippen molar-refractivity contribution in [3.63, 3.8) is 0 Å². The van der Waals surface area contributed by atoms with Crippen LogP contribution in [0.4, 0.5) is 10.5 Å². The summed E-state index contributed by atoms with van der Waals surface area (Å²) in [5.41, 5.74) is -2.79. The van der Waals surface area contributed by atoms with Crippen molar-refractivity contribution >= 4 is 17.7 Å². The summed E-state index contributed by atoms with van der Waals surface area (Å²) in [5.74, 6) is -2.51. The SMILES string of the molecule is CC[C@H]1OC(=O)[C@H](C)[C@@H](O[C@H]2C[C@@](C)(OC)[C@@H](O)[C@H](C)O2)[C@H](C)[C@@H](O[C@@H]2O[C@H](C)C[C@H](N(C)C)[C@H]2O)[C@](C)(O)C[C@@H](C)CN(CCCNC(=O)Nc2ccc(C(C)C)cc2)[C@H](C)[C@@H](O)[C@]1(C)O. The number of likely N-dealkylation sites (N-methyl/N-ethyl adjacent to an activating group) is 1. The number of carbonyl (C=O) groups is 2. The minimum absolute atomic E-state index is 0.101. The predicted octanol–water partition coefficient (Wildman–Crippen LogP) is 4.61. The van der Waals surface area contributed by atoms with E-state index in [-0.39, 0.29) is 43.4 Å². The zero-order valence-electron chi connectivity index (χ0n) is 43.1. The van der Waals surface area contributed by atoms with E-state index in [1.54, 1.807) is 41.5 Å². The second-order valence-corrected chi connectivity index (χ2v) is 21.2. The fourth-order valence-corrected chi connectivity index (χ4v) is 10.5. The molecule has 18 atom stereocenters. The molecule has 0 radical (unpaired) electrons. The zero-order chi connectivity index (χ0) is 50.3. The Morgan fingerprint density at radius 1 is 0.955 bits per heavy atom. The van der Waals surface area contributed by atoms with Crippen molar-refractivity contribution in [3.05, 3.63) is 29.8 Å². The van der Waals surface area contributed by atoms with Crippen LogP contribution >= 0.6 is 0 Å². The van der Waals surface area contributed by atoms with E-state index in [0.717, 1.165) is 0 Å². The molecule has 3 heterocycles. The molecular formula is C50H88N4O13. The van der Waals surface area contributed by atoms with Crippen molar-refractivity contribution in [3.8, 4) is 0 Å². The molecule has 3 aliphatic heterocycles. The Morgan fingerprint density at radius 3 is 2.18 bits per heavy atom. The van der Waals surface area contributed by atoms with Crippen LogP contribution < -0.4 is 10.6 Å². The number of carbonyl (C=O) groups excluding carboxylic acids is 2. The highest BCUT2D eigenvalue weighted by atomic mass is 16.7. The van der Waals surface area contributed by atoms with Crippen LogP contribution in [0.2, 0.25) is 0 Å². The van der Waals surface area contributed by atoms with Crippen LogP contribution in [0.25, 0.3) is 0 Å². The highest BCUT2D eigenvalue weighted by Gasteiger charge is 2.53. The first-order valence-corrected chi connectivity index (χ1v) is 24.6. The van der Waals surface area contributed by atoms with Gasteiger partial charge in [0.2, 0.25) is 0 Å². The number of anilines is 1. The third-order valence-electron chi connectivity index (χ3n) is 14.8. The van der Waals surface area contributed by atoms with Gasteiger partial charge in [-0.3, -0.25) is 9.69 Å². The molecule has 3 fully saturated rings. The molecule has 0 unspecified atom stereocenters. The number of hydrogen-bond donors (Lipinski definition) is 7. The summed E-state index contributed by atoms with van der Waals surface area (Å²) in [4.78, 5) is 31.4. The van der Waals surface area contributed by atoms with E-state index in [2.05, 4.69) is 24.5 Å². The fraction of sp³-hybridized carbons (Fsp3) is 0.840. The Balaban J connectivity index is 1.72. The Morgan fingerprint density at radius 2 is 1.60 bits per heavy atom. The van der Waals surface area contributed by atoms with Gasteiger partial charge < -0.3 is 69.5 Å². The molecule has 67 heavy (non-hydrogen) atoms. The quantitative estimate of drug-likeness (QED) is 0.106. The van der Waals surface area contributed by atoms with Gasteiger partial charge in [-0.05, 0) is 118 Å². The van der Waals surface area contributed by atoms with Crippen LogP contribution in [0.5, 0.6) is 0 Å². The molecule has 0 aliphatic carbocycles. The number of rotatable bonds is 13. The lowest BCUT2D eigenvalue weighted by atomic mass is 9.77. The first-order chi connectivity index (χ1) is 31.2. The van der Waals surface area contributed by atoms with Gasteiger partial charge in [0.25, 0.3) is 0 Å². The van der Waals surface area contributed by atoms with Crippen LogP contribution in [0.15, 0.2) is 24.3 Å². The number of nitrogens with one attached hydrogen (secondary N) is 2. The number of cyclic esters (lactones) is 1. The van der Waals surface area contributed by atoms with Crippen molar-refractivity contribution in [2.75, 3.05) is 46.2 Å². The molecule has 17 nitrogen and oxygen atoms in total. The maximum absolute atomic E-state index is 14.5. The summed E-state index contributed by atoms with van der Waals surface area (Å²) in [7, 11) is 5.26. The summed E-state index contributed by atoms with van der Waals surface area (Å²) < 4.78 is 38.1. The number of ether oxygens (including phenoxy) is 6. The lowest BCUT2D eigenvalue weighted by molar-refractivity contribution is -0.318. The molecule has 386 valence electrons. The van der Waals surface area contributed by atoms with E-state index in [1.165, 1.54) is 19.6 Å². The van der Waals surface area contributed by atoms with Gasteiger partial charge in [-0.15, -0.1) is 0 Å². The van der Waals surface area contributed by atoms with Gasteiger partial charge in [-0.25, -0.2) is 4.79 Å². The fourth-order valence-electron chi connectivity index (χ4n) is 10.5. The number of amides is 2. The third-order valence-corrected chi connectivity index (χ3v) is 14.8. The minimum Gasteiger partial charge on any atom is -0.459 e. The largest absolute Gasteiger partial charge is 0.459 e. The van der Waals surface area contributed by atoms with Crippen molar-refractivity contribution in [2.45, 2.75) is 211 Å². The van der Waals surface area contributed by atoms with Crippen molar-refractivity contribution in [2.24, 2.45) is 17.8 Å². The standard InChI is InChI=1S/C50H88N4O13/c1-16-38-50(12,61)42(56)33(8)54(23-17-22-51-47(59)52-36-20-18-35(19-21-36)28(2)3)27-29(4)25-48(10,60)44(67-46-40(55)37(53(13)14)24-30(5)63-46)31(6)41(32(7)45(58)65-38)66-39-26-49(11,62-15)43(57)34(9)64-39/h18-21,28-34,37-44,46,55-57,60-61H,16-17,22-27H2,1-15H3,(H2,51,52,59)/t29-,30-,31+,32-,33-,34+,37+,38-,39+,40-,41+,42-,43+,44-,46+,48-,49-,50-/m1/s1. The number of hydrogen-bond acceptors (Lipinski definition) is 15. The van der Waals surface area contributed by atoms with Gasteiger partial charge in [0, 0.05) is 56.9 Å². The third kappa shape index (κ3) is 14.3. The van der Waals surface area contributed by atoms with Gasteiger partial charge in [-0.1, -0.05) is 46.8 Å². The first kappa shape index (κ1) is 57.1. The maximum atomic E-state index is 14.5. The highest BCUT2D eigenvalue weighted by molar-refractivity contribution is 5.89. The van der Waals surface area contributed by atoms with Crippen LogP contribution in [-0.2, 0) is 33.2 Å². The second-order valence-electron chi connectivity index (χ2n) is 21.2. The maximum Gasteiger partial charge on any atom is 0.319 e. The summed E-state index contributed by atoms with van der Waals surface area (Å²) >= 11 is 0. The molecule has 0 saturated carbocycles. The van der Waals surface area contributed by atoms with E-state index in [4.69, 9.17) is 28.4 Å². The molecular weight excluding hydrogens is 865 g/mol. The molecule has 1 aromatic carbocycles. The van der Waals surface area contributed by atoms with Crippen LogP contribution in [-0.4, -0.2) is 178 Å². The van der Waals surface area contributed by atoms with E-state index in [1.807, 2.05) is 68.9 Å². The summed E-state index contributed by atoms with van der Waals surface area (Å²) in [6.07, 6.45) is -8.52. The van der Waals surface area contributed by atoms with E-state index >= 15 is 0 Å². The normalized spacial score (nSPS) is 41.0. The Kier molecular flexibility index (Phi) is 20.5. The smallest absolute Gasteiger partial charge is 0.319 e. The van der Waals surface area contributed by atoms with Gasteiger partial charge in [-0.2, -0.15) is 0 Å². The average Bonchev–Trinajstić information content (AvgIpc) is 3.25. The van der Waals surface area contributed by atoms with Crippen LogP contribution in [0.3, 0.4) is 0 Å². The van der Waals surface area contributed by atoms with Crippen LogP contribution in [0, 0.1) is 17.8 Å². The molecule has 0 bridgehead atoms. The minimum atomic E-state index is -1.92. The summed E-state index contributed by atoms with van der Waals surface area (Å²) in [5, 5.41) is 65.7. The van der Waals surface area contributed by atoms with Gasteiger partial charge in [0.15, 0.2) is 12.6 Å². The van der Waals surface area contributed by atoms with Crippen LogP contribution in [0.1, 0.15) is 127 Å². The second kappa shape index (κ2) is 24.1. The van der Waals surface area contributed by atoms with E-state index in [9.17, 15) is 35.1 Å². The van der Waals surface area contributed by atoms with Crippen molar-refractivity contribution < 1.29 is 63.5 Å². The predicted molar refractivity (Wildman–Crippen MR) is 255 cm³/mol. The molecule has 3 aliphatic rings. The molecule has 2 amide bonds. The highest BCUT2D eigenvalue weighted by Crippen LogP contribution is 2.40. The number of methoxy groups -OCH3 is 1. The number of aliphatic hydroxyl groups excluding tert-OH is 3. The molecule has 3 saturated heterocycles. The van der Waals surface area contributed by atoms with Crippen molar-refractivity contribution in [1.82, 2.24) is 15.1 Å². The Hall–Kier alpha value is -2.52. The summed E-state index contributed by atoms with van der Waals surface area (Å²) in [6.45, 7) is 22.8. The van der Waals surface area contributed by atoms with Crippen molar-refractivity contribution in [1.29, 1.82) is 0 Å². The number of esters is 1. The number of nitrogens with zero attached hydrogens (tertiary/aromatic N) is 2. The summed E-state index contributed by atoms with van der Waals surface area (Å²) in [6, 6.07) is 6.36. The number of benzene rings is 1. The van der Waals surface area contributed by atoms with Gasteiger partial charge in [0.1, 0.15) is 30.0 Å². The van der Waals surface area contributed by atoms with E-state index < -0.39 is 96.0 Å². The monoisotopic (exact) mass is 953 g/mol. The average molecular weight is 953 g/mol. The molecule has 7 N–H and O–H groups in total. The van der Waals surface area contributed by atoms with Gasteiger partial charge >= 0.3 is 12.0 Å². The lowest BCUT2D eigenvalue weighted by Crippen LogP contribution is -2.60. The zero-order valence-corrected chi connectivity index (χ0v) is 43.1. The molecule has 17 heteroatoms. The number of urea groups is 1.